The Morgan fingerprint density at radius 3 is 2.86 bits per heavy atom. The van der Waals surface area contributed by atoms with Crippen LogP contribution in [0.2, 0.25) is 5.02 Å². The van der Waals surface area contributed by atoms with Crippen molar-refractivity contribution in [2.75, 3.05) is 18.5 Å². The average Bonchev–Trinajstić information content (AvgIpc) is 2.50. The minimum atomic E-state index is 0.696. The van der Waals surface area contributed by atoms with Crippen LogP contribution in [0.25, 0.3) is 0 Å². The summed E-state index contributed by atoms with van der Waals surface area (Å²) in [5, 5.41) is 4.04. The zero-order valence-electron chi connectivity index (χ0n) is 12.5. The molecule has 0 aliphatic carbocycles. The van der Waals surface area contributed by atoms with Crippen LogP contribution in [0.1, 0.15) is 24.6 Å². The third-order valence-corrected chi connectivity index (χ3v) is 3.50. The van der Waals surface area contributed by atoms with Gasteiger partial charge in [-0.2, -0.15) is 0 Å². The molecule has 0 bridgehead atoms. The molecule has 0 aliphatic heterocycles. The predicted octanol–water partition coefficient (Wildman–Crippen LogP) is 3.27. The van der Waals surface area contributed by atoms with Gasteiger partial charge in [0.25, 0.3) is 0 Å². The lowest BCUT2D eigenvalue weighted by Gasteiger charge is -2.19. The van der Waals surface area contributed by atoms with Crippen molar-refractivity contribution in [2.24, 2.45) is 0 Å². The summed E-state index contributed by atoms with van der Waals surface area (Å²) in [5.74, 6) is 0.913. The first-order chi connectivity index (χ1) is 10.2. The fraction of sp³-hybridized carbons (Fsp3) is 0.375. The fourth-order valence-corrected chi connectivity index (χ4v) is 2.21. The Balaban J connectivity index is 2.06. The lowest BCUT2D eigenvalue weighted by molar-refractivity contribution is 0.663. The standard InChI is InChI=1S/C16H21ClN4/c1-3-8-18-11-15-14(17)6-7-16(20-15)21(2)12-13-5-4-9-19-10-13/h4-7,9-10,18H,3,8,11-12H2,1-2H3. The maximum atomic E-state index is 6.21. The highest BCUT2D eigenvalue weighted by Crippen LogP contribution is 2.19. The molecule has 2 rings (SSSR count). The molecule has 2 heterocycles. The zero-order chi connectivity index (χ0) is 15.1. The van der Waals surface area contributed by atoms with Gasteiger partial charge in [0.05, 0.1) is 10.7 Å². The van der Waals surface area contributed by atoms with Crippen molar-refractivity contribution in [1.82, 2.24) is 15.3 Å². The topological polar surface area (TPSA) is 41.1 Å². The van der Waals surface area contributed by atoms with Gasteiger partial charge in [0.1, 0.15) is 5.82 Å². The second kappa shape index (κ2) is 7.96. The summed E-state index contributed by atoms with van der Waals surface area (Å²) in [6, 6.07) is 7.86. The van der Waals surface area contributed by atoms with Crippen molar-refractivity contribution < 1.29 is 0 Å². The molecule has 1 N–H and O–H groups in total. The van der Waals surface area contributed by atoms with Crippen LogP contribution < -0.4 is 10.2 Å². The molecule has 0 saturated heterocycles. The maximum absolute atomic E-state index is 6.21. The third-order valence-electron chi connectivity index (χ3n) is 3.16. The van der Waals surface area contributed by atoms with Crippen molar-refractivity contribution in [1.29, 1.82) is 0 Å². The Morgan fingerprint density at radius 2 is 2.14 bits per heavy atom. The minimum absolute atomic E-state index is 0.696. The molecule has 0 atom stereocenters. The number of nitrogens with one attached hydrogen (secondary N) is 1. The Morgan fingerprint density at radius 1 is 1.29 bits per heavy atom. The molecule has 0 fully saturated rings. The number of hydrogen-bond acceptors (Lipinski definition) is 4. The molecule has 112 valence electrons. The van der Waals surface area contributed by atoms with E-state index in [9.17, 15) is 0 Å². The summed E-state index contributed by atoms with van der Waals surface area (Å²) in [4.78, 5) is 10.9. The minimum Gasteiger partial charge on any atom is -0.355 e. The summed E-state index contributed by atoms with van der Waals surface area (Å²) in [6.07, 6.45) is 4.75. The van der Waals surface area contributed by atoms with Crippen LogP contribution in [0.5, 0.6) is 0 Å². The van der Waals surface area contributed by atoms with Gasteiger partial charge in [-0.25, -0.2) is 4.98 Å². The van der Waals surface area contributed by atoms with Gasteiger partial charge in [-0.1, -0.05) is 24.6 Å². The Hall–Kier alpha value is -1.65. The molecule has 5 heteroatoms. The first-order valence-electron chi connectivity index (χ1n) is 7.17. The van der Waals surface area contributed by atoms with Crippen LogP contribution in [0.3, 0.4) is 0 Å². The molecule has 0 radical (unpaired) electrons. The van der Waals surface area contributed by atoms with E-state index in [0.29, 0.717) is 11.6 Å². The first kappa shape index (κ1) is 15.7. The van der Waals surface area contributed by atoms with Gasteiger partial charge in [-0.05, 0) is 36.7 Å². The smallest absolute Gasteiger partial charge is 0.129 e. The van der Waals surface area contributed by atoms with E-state index in [4.69, 9.17) is 11.6 Å². The number of halogens is 1. The molecule has 0 spiro atoms. The molecular formula is C16H21ClN4. The summed E-state index contributed by atoms with van der Waals surface area (Å²) < 4.78 is 0. The fourth-order valence-electron chi connectivity index (χ4n) is 2.04. The highest BCUT2D eigenvalue weighted by molar-refractivity contribution is 6.31. The molecule has 0 amide bonds. The van der Waals surface area contributed by atoms with Crippen molar-refractivity contribution in [2.45, 2.75) is 26.4 Å². The van der Waals surface area contributed by atoms with Crippen molar-refractivity contribution in [3.8, 4) is 0 Å². The molecule has 2 aromatic heterocycles. The van der Waals surface area contributed by atoms with E-state index in [1.54, 1.807) is 6.20 Å². The van der Waals surface area contributed by atoms with E-state index in [1.165, 1.54) is 0 Å². The van der Waals surface area contributed by atoms with Gasteiger partial charge < -0.3 is 10.2 Å². The van der Waals surface area contributed by atoms with Crippen LogP contribution >= 0.6 is 11.6 Å². The number of anilines is 1. The van der Waals surface area contributed by atoms with E-state index in [-0.39, 0.29) is 0 Å². The molecule has 2 aromatic rings. The monoisotopic (exact) mass is 304 g/mol. The van der Waals surface area contributed by atoms with Crippen LogP contribution in [-0.4, -0.2) is 23.6 Å². The van der Waals surface area contributed by atoms with Gasteiger partial charge in [-0.15, -0.1) is 0 Å². The highest BCUT2D eigenvalue weighted by atomic mass is 35.5. The third kappa shape index (κ3) is 4.69. The van der Waals surface area contributed by atoms with Crippen LogP contribution in [-0.2, 0) is 13.1 Å². The highest BCUT2D eigenvalue weighted by Gasteiger charge is 2.08. The van der Waals surface area contributed by atoms with Crippen molar-refractivity contribution >= 4 is 17.4 Å². The van der Waals surface area contributed by atoms with Gasteiger partial charge in [-0.3, -0.25) is 4.98 Å². The molecular weight excluding hydrogens is 284 g/mol. The van der Waals surface area contributed by atoms with Crippen LogP contribution in [0.15, 0.2) is 36.7 Å². The molecule has 0 aromatic carbocycles. The molecule has 4 nitrogen and oxygen atoms in total. The Labute approximate surface area is 131 Å². The number of pyridine rings is 2. The summed E-state index contributed by atoms with van der Waals surface area (Å²) in [5.41, 5.74) is 2.04. The average molecular weight is 305 g/mol. The molecule has 0 saturated carbocycles. The second-order valence-electron chi connectivity index (χ2n) is 4.99. The summed E-state index contributed by atoms with van der Waals surface area (Å²) in [7, 11) is 2.02. The quantitative estimate of drug-likeness (QED) is 0.797. The molecule has 21 heavy (non-hydrogen) atoms. The van der Waals surface area contributed by atoms with E-state index in [0.717, 1.165) is 36.6 Å². The number of aromatic nitrogens is 2. The van der Waals surface area contributed by atoms with Gasteiger partial charge in [0, 0.05) is 32.5 Å². The van der Waals surface area contributed by atoms with Gasteiger partial charge in [0.15, 0.2) is 0 Å². The Kier molecular flexibility index (Phi) is 5.96. The zero-order valence-corrected chi connectivity index (χ0v) is 13.3. The largest absolute Gasteiger partial charge is 0.355 e. The van der Waals surface area contributed by atoms with Gasteiger partial charge >= 0.3 is 0 Å². The Bertz CT molecular complexity index is 559. The summed E-state index contributed by atoms with van der Waals surface area (Å²) >= 11 is 6.21. The van der Waals surface area contributed by atoms with Crippen LogP contribution in [0, 0.1) is 0 Å². The van der Waals surface area contributed by atoms with Crippen LogP contribution in [0.4, 0.5) is 5.82 Å². The molecule has 0 unspecified atom stereocenters. The predicted molar refractivity (Wildman–Crippen MR) is 87.6 cm³/mol. The summed E-state index contributed by atoms with van der Waals surface area (Å²) in [6.45, 7) is 4.57. The lowest BCUT2D eigenvalue weighted by Crippen LogP contribution is -2.20. The number of nitrogens with zero attached hydrogens (tertiary/aromatic N) is 3. The number of rotatable bonds is 7. The van der Waals surface area contributed by atoms with Gasteiger partial charge in [0.2, 0.25) is 0 Å². The van der Waals surface area contributed by atoms with E-state index < -0.39 is 0 Å². The van der Waals surface area contributed by atoms with Crippen molar-refractivity contribution in [3.63, 3.8) is 0 Å². The molecule has 0 aliphatic rings. The van der Waals surface area contributed by atoms with E-state index in [1.807, 2.05) is 31.4 Å². The normalized spacial score (nSPS) is 10.6. The lowest BCUT2D eigenvalue weighted by atomic mass is 10.2. The second-order valence-corrected chi connectivity index (χ2v) is 5.40. The first-order valence-corrected chi connectivity index (χ1v) is 7.54. The van der Waals surface area contributed by atoms with E-state index >= 15 is 0 Å². The maximum Gasteiger partial charge on any atom is 0.129 e. The SMILES string of the molecule is CCCNCc1nc(N(C)Cc2cccnc2)ccc1Cl. The van der Waals surface area contributed by atoms with E-state index in [2.05, 4.69) is 33.2 Å². The number of hydrogen-bond donors (Lipinski definition) is 1. The van der Waals surface area contributed by atoms with Crippen molar-refractivity contribution in [3.05, 3.63) is 52.9 Å².